The molecule has 0 aliphatic rings. The Morgan fingerprint density at radius 2 is 2.46 bits per heavy atom. The molecule has 0 radical (unpaired) electrons. The van der Waals surface area contributed by atoms with Gasteiger partial charge in [-0.15, -0.1) is 0 Å². The summed E-state index contributed by atoms with van der Waals surface area (Å²) in [5, 5.41) is 0. The standard InChI is InChI=1S/C9H8N2O2/c10-5-7(12)9-4-6-8(13-9)2-1-3-11-6/h1-4H,5,10H2. The second-order valence-corrected chi connectivity index (χ2v) is 2.62. The van der Waals surface area contributed by atoms with E-state index >= 15 is 0 Å². The minimum absolute atomic E-state index is 0.0418. The predicted molar refractivity (Wildman–Crippen MR) is 47.4 cm³/mol. The van der Waals surface area contributed by atoms with Crippen molar-refractivity contribution in [1.82, 2.24) is 4.98 Å². The first kappa shape index (κ1) is 7.94. The molecule has 0 bridgehead atoms. The van der Waals surface area contributed by atoms with E-state index in [9.17, 15) is 4.79 Å². The van der Waals surface area contributed by atoms with Gasteiger partial charge in [-0.2, -0.15) is 0 Å². The highest BCUT2D eigenvalue weighted by Gasteiger charge is 2.10. The van der Waals surface area contributed by atoms with E-state index < -0.39 is 0 Å². The molecule has 2 heterocycles. The normalized spacial score (nSPS) is 10.5. The maximum atomic E-state index is 11.1. The van der Waals surface area contributed by atoms with Crippen LogP contribution in [0.1, 0.15) is 10.6 Å². The molecule has 13 heavy (non-hydrogen) atoms. The summed E-state index contributed by atoms with van der Waals surface area (Å²) in [6, 6.07) is 5.11. The molecule has 0 saturated heterocycles. The fourth-order valence-corrected chi connectivity index (χ4v) is 1.11. The molecule has 4 nitrogen and oxygen atoms in total. The molecule has 4 heteroatoms. The van der Waals surface area contributed by atoms with Crippen molar-refractivity contribution < 1.29 is 9.21 Å². The van der Waals surface area contributed by atoms with Crippen LogP contribution in [-0.2, 0) is 0 Å². The van der Waals surface area contributed by atoms with Crippen LogP contribution in [0.5, 0.6) is 0 Å². The van der Waals surface area contributed by atoms with E-state index in [1.165, 1.54) is 0 Å². The van der Waals surface area contributed by atoms with Crippen LogP contribution in [0.4, 0.5) is 0 Å². The molecule has 0 amide bonds. The van der Waals surface area contributed by atoms with Crippen molar-refractivity contribution in [3.05, 3.63) is 30.2 Å². The zero-order valence-electron chi connectivity index (χ0n) is 6.86. The molecule has 0 aliphatic heterocycles. The van der Waals surface area contributed by atoms with Gasteiger partial charge >= 0.3 is 0 Å². The Bertz CT molecular complexity index is 415. The van der Waals surface area contributed by atoms with Crippen LogP contribution in [-0.4, -0.2) is 17.3 Å². The van der Waals surface area contributed by atoms with E-state index in [1.807, 2.05) is 0 Å². The average Bonchev–Trinajstić information content (AvgIpc) is 2.59. The van der Waals surface area contributed by atoms with Gasteiger partial charge in [0.25, 0.3) is 0 Å². The van der Waals surface area contributed by atoms with Gasteiger partial charge in [-0.05, 0) is 12.1 Å². The lowest BCUT2D eigenvalue weighted by atomic mass is 10.3. The molecule has 0 atom stereocenters. The summed E-state index contributed by atoms with van der Waals surface area (Å²) in [7, 11) is 0. The number of carbonyl (C=O) groups is 1. The highest BCUT2D eigenvalue weighted by atomic mass is 16.3. The van der Waals surface area contributed by atoms with Crippen LogP contribution < -0.4 is 5.73 Å². The van der Waals surface area contributed by atoms with Crippen LogP contribution in [0.3, 0.4) is 0 Å². The van der Waals surface area contributed by atoms with Gasteiger partial charge in [0, 0.05) is 12.3 Å². The third kappa shape index (κ3) is 1.31. The van der Waals surface area contributed by atoms with Crippen molar-refractivity contribution >= 4 is 16.9 Å². The van der Waals surface area contributed by atoms with Gasteiger partial charge in [0.2, 0.25) is 5.78 Å². The molecule has 2 rings (SSSR count). The molecule has 2 N–H and O–H groups in total. The second-order valence-electron chi connectivity index (χ2n) is 2.62. The number of aromatic nitrogens is 1. The quantitative estimate of drug-likeness (QED) is 0.692. The SMILES string of the molecule is NCC(=O)c1cc2ncccc2o1. The first-order valence-electron chi connectivity index (χ1n) is 3.89. The van der Waals surface area contributed by atoms with Gasteiger partial charge in [0.05, 0.1) is 6.54 Å². The number of nitrogens with zero attached hydrogens (tertiary/aromatic N) is 1. The van der Waals surface area contributed by atoms with Crippen LogP contribution in [0.2, 0.25) is 0 Å². The molecule has 2 aromatic heterocycles. The third-order valence-electron chi connectivity index (χ3n) is 1.75. The summed E-state index contributed by atoms with van der Waals surface area (Å²) in [5.41, 5.74) is 6.49. The van der Waals surface area contributed by atoms with E-state index in [0.717, 1.165) is 0 Å². The van der Waals surface area contributed by atoms with E-state index in [2.05, 4.69) is 4.98 Å². The Labute approximate surface area is 74.4 Å². The van der Waals surface area contributed by atoms with Crippen LogP contribution >= 0.6 is 0 Å². The van der Waals surface area contributed by atoms with E-state index in [-0.39, 0.29) is 18.1 Å². The second kappa shape index (κ2) is 2.99. The largest absolute Gasteiger partial charge is 0.451 e. The zero-order chi connectivity index (χ0) is 9.26. The van der Waals surface area contributed by atoms with Crippen molar-refractivity contribution in [2.45, 2.75) is 0 Å². The lowest BCUT2D eigenvalue weighted by Gasteiger charge is -1.87. The number of ketones is 1. The molecular formula is C9H8N2O2. The highest BCUT2D eigenvalue weighted by Crippen LogP contribution is 2.16. The molecule has 66 valence electrons. The van der Waals surface area contributed by atoms with Crippen molar-refractivity contribution in [3.8, 4) is 0 Å². The Morgan fingerprint density at radius 3 is 3.15 bits per heavy atom. The fraction of sp³-hybridized carbons (Fsp3) is 0.111. The summed E-state index contributed by atoms with van der Waals surface area (Å²) in [6.07, 6.45) is 1.65. The molecule has 0 aliphatic carbocycles. The molecular weight excluding hydrogens is 168 g/mol. The zero-order valence-corrected chi connectivity index (χ0v) is 6.86. The minimum atomic E-state index is -0.210. The number of rotatable bonds is 2. The maximum Gasteiger partial charge on any atom is 0.211 e. The first-order valence-corrected chi connectivity index (χ1v) is 3.89. The van der Waals surface area contributed by atoms with Crippen LogP contribution in [0.15, 0.2) is 28.8 Å². The van der Waals surface area contributed by atoms with Crippen LogP contribution in [0.25, 0.3) is 11.1 Å². The summed E-state index contributed by atoms with van der Waals surface area (Å²) in [6.45, 7) is -0.0418. The Morgan fingerprint density at radius 1 is 1.62 bits per heavy atom. The number of hydrogen-bond acceptors (Lipinski definition) is 4. The molecule has 0 unspecified atom stereocenters. The van der Waals surface area contributed by atoms with E-state index in [1.54, 1.807) is 24.4 Å². The van der Waals surface area contributed by atoms with Crippen molar-refractivity contribution in [1.29, 1.82) is 0 Å². The van der Waals surface area contributed by atoms with E-state index in [0.29, 0.717) is 11.1 Å². The number of carbonyl (C=O) groups excluding carboxylic acids is 1. The number of pyridine rings is 1. The van der Waals surface area contributed by atoms with Gasteiger partial charge in [-0.1, -0.05) is 0 Å². The smallest absolute Gasteiger partial charge is 0.211 e. The Hall–Kier alpha value is -1.68. The average molecular weight is 176 g/mol. The lowest BCUT2D eigenvalue weighted by Crippen LogP contribution is -2.12. The van der Waals surface area contributed by atoms with E-state index in [4.69, 9.17) is 10.2 Å². The van der Waals surface area contributed by atoms with Crippen molar-refractivity contribution in [2.75, 3.05) is 6.54 Å². The monoisotopic (exact) mass is 176 g/mol. The Kier molecular flexibility index (Phi) is 1.83. The number of fused-ring (bicyclic) bond motifs is 1. The van der Waals surface area contributed by atoms with Crippen LogP contribution in [0, 0.1) is 0 Å². The first-order chi connectivity index (χ1) is 6.31. The van der Waals surface area contributed by atoms with Gasteiger partial charge in [0.1, 0.15) is 5.52 Å². The Balaban J connectivity index is 2.56. The third-order valence-corrected chi connectivity index (χ3v) is 1.75. The highest BCUT2D eigenvalue weighted by molar-refractivity contribution is 5.97. The fourth-order valence-electron chi connectivity index (χ4n) is 1.11. The molecule has 0 aromatic carbocycles. The van der Waals surface area contributed by atoms with Gasteiger partial charge in [-0.3, -0.25) is 9.78 Å². The van der Waals surface area contributed by atoms with Gasteiger partial charge < -0.3 is 10.2 Å². The van der Waals surface area contributed by atoms with Crippen molar-refractivity contribution in [2.24, 2.45) is 5.73 Å². The lowest BCUT2D eigenvalue weighted by molar-refractivity contribution is 0.0977. The minimum Gasteiger partial charge on any atom is -0.451 e. The molecule has 0 saturated carbocycles. The molecule has 0 fully saturated rings. The maximum absolute atomic E-state index is 11.1. The number of Topliss-reactive ketones (excluding diaryl/α,β-unsaturated/α-hetero) is 1. The summed E-state index contributed by atoms with van der Waals surface area (Å²) in [4.78, 5) is 15.2. The number of nitrogens with two attached hydrogens (primary N) is 1. The molecule has 2 aromatic rings. The van der Waals surface area contributed by atoms with Gasteiger partial charge in [-0.25, -0.2) is 0 Å². The number of furan rings is 1. The summed E-state index contributed by atoms with van der Waals surface area (Å²) in [5.74, 6) is 0.0641. The van der Waals surface area contributed by atoms with Gasteiger partial charge in [0.15, 0.2) is 11.3 Å². The number of hydrogen-bond donors (Lipinski definition) is 1. The topological polar surface area (TPSA) is 69.1 Å². The summed E-state index contributed by atoms with van der Waals surface area (Å²) < 4.78 is 5.23. The summed E-state index contributed by atoms with van der Waals surface area (Å²) >= 11 is 0. The predicted octanol–water partition coefficient (Wildman–Crippen LogP) is 0.969. The molecule has 0 spiro atoms. The van der Waals surface area contributed by atoms with Crippen molar-refractivity contribution in [3.63, 3.8) is 0 Å².